The Kier molecular flexibility index (Phi) is 8.66. The Morgan fingerprint density at radius 1 is 1.10 bits per heavy atom. The van der Waals surface area contributed by atoms with Crippen LogP contribution in [0.3, 0.4) is 0 Å². The molecule has 0 aliphatic heterocycles. The van der Waals surface area contributed by atoms with Gasteiger partial charge in [0.1, 0.15) is 17.5 Å². The van der Waals surface area contributed by atoms with Crippen LogP contribution in [0.15, 0.2) is 6.07 Å². The van der Waals surface area contributed by atoms with Crippen molar-refractivity contribution in [2.24, 2.45) is 0 Å². The Labute approximate surface area is 121 Å². The van der Waals surface area contributed by atoms with Crippen molar-refractivity contribution in [1.82, 2.24) is 9.97 Å². The van der Waals surface area contributed by atoms with Crippen molar-refractivity contribution < 1.29 is 9.47 Å². The molecule has 0 aromatic carbocycles. The van der Waals surface area contributed by atoms with E-state index in [0.717, 1.165) is 49.9 Å². The molecule has 0 atom stereocenters. The van der Waals surface area contributed by atoms with E-state index in [1.165, 1.54) is 0 Å². The number of aromatic nitrogens is 2. The van der Waals surface area contributed by atoms with E-state index in [2.05, 4.69) is 27.5 Å². The summed E-state index contributed by atoms with van der Waals surface area (Å²) in [6, 6.07) is 1.92. The molecule has 0 aliphatic carbocycles. The number of anilines is 2. The quantitative estimate of drug-likeness (QED) is 0.605. The predicted octanol–water partition coefficient (Wildman–Crippen LogP) is 1.94. The molecule has 0 aliphatic rings. The van der Waals surface area contributed by atoms with Crippen molar-refractivity contribution in [3.63, 3.8) is 0 Å². The zero-order chi connectivity index (χ0) is 14.6. The topological polar surface area (TPSA) is 68.3 Å². The van der Waals surface area contributed by atoms with Gasteiger partial charge in [-0.1, -0.05) is 6.92 Å². The van der Waals surface area contributed by atoms with Crippen LogP contribution in [0.1, 0.15) is 25.6 Å². The van der Waals surface area contributed by atoms with E-state index in [0.29, 0.717) is 13.2 Å². The predicted molar refractivity (Wildman–Crippen MR) is 81.4 cm³/mol. The molecule has 114 valence electrons. The lowest BCUT2D eigenvalue weighted by Gasteiger charge is -2.09. The third kappa shape index (κ3) is 6.68. The molecular weight excluding hydrogens is 256 g/mol. The van der Waals surface area contributed by atoms with Crippen LogP contribution in [0.5, 0.6) is 0 Å². The Balaban J connectivity index is 2.21. The standard InChI is InChI=1S/C14H26N4O2/c1-4-12-17-13(15-2)11-14(18-12)16-7-5-6-8-20-10-9-19-3/h11H,4-10H2,1-3H3,(H2,15,16,17,18). The number of hydrogen-bond donors (Lipinski definition) is 2. The molecule has 6 heteroatoms. The fourth-order valence-corrected chi connectivity index (χ4v) is 1.66. The van der Waals surface area contributed by atoms with Gasteiger partial charge in [0.2, 0.25) is 0 Å². The summed E-state index contributed by atoms with van der Waals surface area (Å²) in [6.07, 6.45) is 2.91. The Morgan fingerprint density at radius 2 is 1.90 bits per heavy atom. The smallest absolute Gasteiger partial charge is 0.132 e. The molecule has 0 radical (unpaired) electrons. The number of unbranched alkanes of at least 4 members (excludes halogenated alkanes) is 1. The average Bonchev–Trinajstić information content (AvgIpc) is 2.49. The van der Waals surface area contributed by atoms with E-state index < -0.39 is 0 Å². The second kappa shape index (κ2) is 10.4. The lowest BCUT2D eigenvalue weighted by molar-refractivity contribution is 0.0691. The summed E-state index contributed by atoms with van der Waals surface area (Å²) in [5, 5.41) is 6.37. The normalized spacial score (nSPS) is 10.6. The van der Waals surface area contributed by atoms with Crippen LogP contribution in [-0.4, -0.2) is 50.5 Å². The average molecular weight is 282 g/mol. The van der Waals surface area contributed by atoms with Crippen molar-refractivity contribution in [3.05, 3.63) is 11.9 Å². The third-order valence-corrected chi connectivity index (χ3v) is 2.80. The van der Waals surface area contributed by atoms with Gasteiger partial charge in [0.05, 0.1) is 13.2 Å². The van der Waals surface area contributed by atoms with Gasteiger partial charge in [0, 0.05) is 39.8 Å². The molecule has 0 saturated carbocycles. The van der Waals surface area contributed by atoms with Gasteiger partial charge in [0.15, 0.2) is 0 Å². The lowest BCUT2D eigenvalue weighted by Crippen LogP contribution is -2.09. The van der Waals surface area contributed by atoms with Gasteiger partial charge < -0.3 is 20.1 Å². The molecular formula is C14H26N4O2. The minimum atomic E-state index is 0.659. The zero-order valence-electron chi connectivity index (χ0n) is 12.7. The first-order valence-corrected chi connectivity index (χ1v) is 7.16. The molecule has 0 unspecified atom stereocenters. The Morgan fingerprint density at radius 3 is 2.60 bits per heavy atom. The van der Waals surface area contributed by atoms with Crippen LogP contribution in [0.4, 0.5) is 11.6 Å². The van der Waals surface area contributed by atoms with Gasteiger partial charge in [-0.2, -0.15) is 0 Å². The van der Waals surface area contributed by atoms with E-state index >= 15 is 0 Å². The van der Waals surface area contributed by atoms with Crippen molar-refractivity contribution in [3.8, 4) is 0 Å². The van der Waals surface area contributed by atoms with Crippen molar-refractivity contribution >= 4 is 11.6 Å². The second-order valence-electron chi connectivity index (χ2n) is 4.40. The second-order valence-corrected chi connectivity index (χ2v) is 4.40. The van der Waals surface area contributed by atoms with E-state index in [9.17, 15) is 0 Å². The van der Waals surface area contributed by atoms with Crippen molar-refractivity contribution in [1.29, 1.82) is 0 Å². The highest BCUT2D eigenvalue weighted by atomic mass is 16.5. The summed E-state index contributed by atoms with van der Waals surface area (Å²) in [7, 11) is 3.54. The van der Waals surface area contributed by atoms with Crippen LogP contribution in [0.25, 0.3) is 0 Å². The van der Waals surface area contributed by atoms with Crippen molar-refractivity contribution in [2.45, 2.75) is 26.2 Å². The molecule has 1 aromatic rings. The van der Waals surface area contributed by atoms with E-state index in [1.54, 1.807) is 7.11 Å². The minimum absolute atomic E-state index is 0.659. The monoisotopic (exact) mass is 282 g/mol. The number of rotatable bonds is 11. The summed E-state index contributed by atoms with van der Waals surface area (Å²) in [4.78, 5) is 8.81. The van der Waals surface area contributed by atoms with E-state index in [-0.39, 0.29) is 0 Å². The Hall–Kier alpha value is -1.40. The summed E-state index contributed by atoms with van der Waals surface area (Å²) < 4.78 is 10.3. The highest BCUT2D eigenvalue weighted by molar-refractivity contribution is 5.47. The maximum Gasteiger partial charge on any atom is 0.132 e. The van der Waals surface area contributed by atoms with Crippen LogP contribution >= 0.6 is 0 Å². The van der Waals surface area contributed by atoms with Gasteiger partial charge >= 0.3 is 0 Å². The fraction of sp³-hybridized carbons (Fsp3) is 0.714. The van der Waals surface area contributed by atoms with Gasteiger partial charge in [-0.3, -0.25) is 0 Å². The first-order chi connectivity index (χ1) is 9.80. The molecule has 0 bridgehead atoms. The van der Waals surface area contributed by atoms with E-state index in [4.69, 9.17) is 9.47 Å². The van der Waals surface area contributed by atoms with Crippen molar-refractivity contribution in [2.75, 3.05) is 51.2 Å². The molecule has 20 heavy (non-hydrogen) atoms. The molecule has 6 nitrogen and oxygen atoms in total. The Bertz CT molecular complexity index is 352. The number of ether oxygens (including phenoxy) is 2. The molecule has 0 saturated heterocycles. The lowest BCUT2D eigenvalue weighted by atomic mass is 10.3. The minimum Gasteiger partial charge on any atom is -0.382 e. The molecule has 1 aromatic heterocycles. The van der Waals surface area contributed by atoms with Gasteiger partial charge in [-0.05, 0) is 12.8 Å². The third-order valence-electron chi connectivity index (χ3n) is 2.80. The van der Waals surface area contributed by atoms with Gasteiger partial charge in [-0.15, -0.1) is 0 Å². The fourth-order valence-electron chi connectivity index (χ4n) is 1.66. The molecule has 0 fully saturated rings. The molecule has 0 spiro atoms. The number of hydrogen-bond acceptors (Lipinski definition) is 6. The molecule has 0 amide bonds. The maximum atomic E-state index is 5.41. The summed E-state index contributed by atoms with van der Waals surface area (Å²) in [5.41, 5.74) is 0. The zero-order valence-corrected chi connectivity index (χ0v) is 12.7. The number of methoxy groups -OCH3 is 1. The van der Waals surface area contributed by atoms with Gasteiger partial charge in [0.25, 0.3) is 0 Å². The van der Waals surface area contributed by atoms with Crippen LogP contribution in [-0.2, 0) is 15.9 Å². The molecule has 1 heterocycles. The van der Waals surface area contributed by atoms with Crippen LogP contribution in [0, 0.1) is 0 Å². The van der Waals surface area contributed by atoms with E-state index in [1.807, 2.05) is 13.1 Å². The largest absolute Gasteiger partial charge is 0.382 e. The van der Waals surface area contributed by atoms with Gasteiger partial charge in [-0.25, -0.2) is 9.97 Å². The number of nitrogens with one attached hydrogen (secondary N) is 2. The number of nitrogens with zero attached hydrogens (tertiary/aromatic N) is 2. The first kappa shape index (κ1) is 16.7. The highest BCUT2D eigenvalue weighted by Crippen LogP contribution is 2.11. The SMILES string of the molecule is CCc1nc(NC)cc(NCCCCOCCOC)n1. The van der Waals surface area contributed by atoms with Crippen LogP contribution in [0.2, 0.25) is 0 Å². The van der Waals surface area contributed by atoms with Crippen LogP contribution < -0.4 is 10.6 Å². The first-order valence-electron chi connectivity index (χ1n) is 7.16. The molecule has 2 N–H and O–H groups in total. The summed E-state index contributed by atoms with van der Waals surface area (Å²) in [6.45, 7) is 5.04. The highest BCUT2D eigenvalue weighted by Gasteiger charge is 2.01. The maximum absolute atomic E-state index is 5.41. The summed E-state index contributed by atoms with van der Waals surface area (Å²) in [5.74, 6) is 2.57. The summed E-state index contributed by atoms with van der Waals surface area (Å²) >= 11 is 0. The number of aryl methyl sites for hydroxylation is 1. The molecule has 1 rings (SSSR count).